The fraction of sp³-hybridized carbons (Fsp3) is 0.318. The van der Waals surface area contributed by atoms with Gasteiger partial charge >= 0.3 is 0 Å². The van der Waals surface area contributed by atoms with Gasteiger partial charge in [0.25, 0.3) is 0 Å². The lowest BCUT2D eigenvalue weighted by atomic mass is 9.99. The number of nitrogens with zero attached hydrogens (tertiary/aromatic N) is 1. The van der Waals surface area contributed by atoms with Gasteiger partial charge in [0.05, 0.1) is 4.90 Å². The molecule has 1 aliphatic rings. The van der Waals surface area contributed by atoms with Crippen molar-refractivity contribution in [3.63, 3.8) is 0 Å². The van der Waals surface area contributed by atoms with Gasteiger partial charge < -0.3 is 4.90 Å². The molecule has 0 atom stereocenters. The number of rotatable bonds is 6. The van der Waals surface area contributed by atoms with Crippen LogP contribution in [0.15, 0.2) is 59.5 Å². The van der Waals surface area contributed by atoms with E-state index in [1.54, 1.807) is 24.0 Å². The van der Waals surface area contributed by atoms with E-state index in [1.165, 1.54) is 11.1 Å². The predicted molar refractivity (Wildman–Crippen MR) is 111 cm³/mol. The van der Waals surface area contributed by atoms with Gasteiger partial charge in [0.15, 0.2) is 0 Å². The third kappa shape index (κ3) is 4.88. The van der Waals surface area contributed by atoms with Crippen molar-refractivity contribution in [3.8, 4) is 0 Å². The van der Waals surface area contributed by atoms with Gasteiger partial charge in [0.2, 0.25) is 15.9 Å². The molecule has 0 radical (unpaired) electrons. The summed E-state index contributed by atoms with van der Waals surface area (Å²) in [5.41, 5.74) is 4.16. The van der Waals surface area contributed by atoms with Gasteiger partial charge in [-0.05, 0) is 43.0 Å². The van der Waals surface area contributed by atoms with E-state index < -0.39 is 10.0 Å². The quantitative estimate of drug-likeness (QED) is 0.812. The van der Waals surface area contributed by atoms with Crippen LogP contribution in [0.1, 0.15) is 29.5 Å². The lowest BCUT2D eigenvalue weighted by Crippen LogP contribution is -2.37. The highest BCUT2D eigenvalue weighted by Crippen LogP contribution is 2.22. The molecule has 0 aromatic heterocycles. The summed E-state index contributed by atoms with van der Waals surface area (Å²) in [6, 6.07) is 15.4. The van der Waals surface area contributed by atoms with E-state index >= 15 is 0 Å². The Labute approximate surface area is 167 Å². The third-order valence-corrected chi connectivity index (χ3v) is 6.58. The van der Waals surface area contributed by atoms with Gasteiger partial charge in [0.1, 0.15) is 0 Å². The Morgan fingerprint density at radius 2 is 1.86 bits per heavy atom. The summed E-state index contributed by atoms with van der Waals surface area (Å²) in [4.78, 5) is 14.5. The maximum Gasteiger partial charge on any atom is 0.240 e. The van der Waals surface area contributed by atoms with E-state index in [2.05, 4.69) is 22.9 Å². The average molecular weight is 399 g/mol. The summed E-state index contributed by atoms with van der Waals surface area (Å²) in [6.07, 6.45) is 3.04. The summed E-state index contributed by atoms with van der Waals surface area (Å²) in [5.74, 6) is -0.0355. The van der Waals surface area contributed by atoms with Gasteiger partial charge in [-0.25, -0.2) is 13.1 Å². The van der Waals surface area contributed by atoms with E-state index in [4.69, 9.17) is 0 Å². The zero-order valence-electron chi connectivity index (χ0n) is 16.3. The molecule has 148 valence electrons. The Morgan fingerprint density at radius 3 is 2.50 bits per heavy atom. The normalized spacial score (nSPS) is 14.6. The van der Waals surface area contributed by atoms with Gasteiger partial charge in [0, 0.05) is 26.1 Å². The van der Waals surface area contributed by atoms with Gasteiger partial charge in [-0.3, -0.25) is 4.79 Å². The summed E-state index contributed by atoms with van der Waals surface area (Å²) in [5, 5.41) is 0. The monoisotopic (exact) mass is 398 g/mol. The van der Waals surface area contributed by atoms with Crippen molar-refractivity contribution in [3.05, 3.63) is 71.3 Å². The zero-order valence-corrected chi connectivity index (χ0v) is 17.1. The molecule has 0 spiro atoms. The molecule has 3 rings (SSSR count). The molecule has 2 aromatic rings. The summed E-state index contributed by atoms with van der Waals surface area (Å²) < 4.78 is 27.5. The van der Waals surface area contributed by atoms with Crippen LogP contribution in [0, 0.1) is 13.8 Å². The second-order valence-electron chi connectivity index (χ2n) is 7.10. The fourth-order valence-corrected chi connectivity index (χ4v) is 4.70. The maximum absolute atomic E-state index is 12.5. The summed E-state index contributed by atoms with van der Waals surface area (Å²) in [6.45, 7) is 5.01. The van der Waals surface area contributed by atoms with Gasteiger partial charge in [-0.15, -0.1) is 0 Å². The molecular formula is C22H26N2O3S. The molecular weight excluding hydrogens is 372 g/mol. The highest BCUT2D eigenvalue weighted by atomic mass is 32.2. The van der Waals surface area contributed by atoms with Crippen LogP contribution in [0.3, 0.4) is 0 Å². The van der Waals surface area contributed by atoms with Crippen LogP contribution in [-0.4, -0.2) is 38.9 Å². The number of hydrogen-bond acceptors (Lipinski definition) is 3. The van der Waals surface area contributed by atoms with Crippen LogP contribution >= 0.6 is 0 Å². The summed E-state index contributed by atoms with van der Waals surface area (Å²) >= 11 is 0. The van der Waals surface area contributed by atoms with Crippen molar-refractivity contribution >= 4 is 21.5 Å². The number of sulfonamides is 1. The number of hydrogen-bond donors (Lipinski definition) is 1. The average Bonchev–Trinajstić information content (AvgIpc) is 2.68. The van der Waals surface area contributed by atoms with Crippen molar-refractivity contribution in [2.45, 2.75) is 31.6 Å². The first-order chi connectivity index (χ1) is 13.4. The van der Waals surface area contributed by atoms with E-state index in [0.717, 1.165) is 12.0 Å². The number of amides is 1. The van der Waals surface area contributed by atoms with Crippen molar-refractivity contribution in [2.75, 3.05) is 19.6 Å². The van der Waals surface area contributed by atoms with E-state index in [1.807, 2.05) is 31.2 Å². The van der Waals surface area contributed by atoms with Crippen LogP contribution in [0.4, 0.5) is 0 Å². The highest BCUT2D eigenvalue weighted by molar-refractivity contribution is 7.89. The molecule has 1 aliphatic heterocycles. The molecule has 2 aromatic carbocycles. The van der Waals surface area contributed by atoms with Crippen LogP contribution in [0.2, 0.25) is 0 Å². The summed E-state index contributed by atoms with van der Waals surface area (Å²) in [7, 11) is -3.61. The van der Waals surface area contributed by atoms with Crippen LogP contribution in [-0.2, 0) is 14.8 Å². The first kappa shape index (κ1) is 20.3. The number of nitrogens with one attached hydrogen (secondary N) is 1. The smallest absolute Gasteiger partial charge is 0.240 e. The molecule has 0 aliphatic carbocycles. The lowest BCUT2D eigenvalue weighted by molar-refractivity contribution is -0.130. The van der Waals surface area contributed by atoms with E-state index in [-0.39, 0.29) is 23.8 Å². The minimum absolute atomic E-state index is 0.0355. The third-order valence-electron chi connectivity index (χ3n) is 4.96. The maximum atomic E-state index is 12.5. The van der Waals surface area contributed by atoms with Crippen LogP contribution < -0.4 is 4.72 Å². The number of carbonyl (C=O) groups is 1. The van der Waals surface area contributed by atoms with Gasteiger partial charge in [-0.1, -0.05) is 54.1 Å². The molecule has 1 N–H and O–H groups in total. The Bertz CT molecular complexity index is 982. The lowest BCUT2D eigenvalue weighted by Gasteiger charge is -2.27. The molecule has 0 bridgehead atoms. The fourth-order valence-electron chi connectivity index (χ4n) is 3.44. The topological polar surface area (TPSA) is 66.5 Å². The Balaban J connectivity index is 1.53. The minimum atomic E-state index is -3.61. The zero-order chi connectivity index (χ0) is 20.1. The van der Waals surface area contributed by atoms with Crippen molar-refractivity contribution in [1.29, 1.82) is 0 Å². The molecule has 0 saturated carbocycles. The Morgan fingerprint density at radius 1 is 1.11 bits per heavy atom. The van der Waals surface area contributed by atoms with Crippen molar-refractivity contribution < 1.29 is 13.2 Å². The van der Waals surface area contributed by atoms with Crippen LogP contribution in [0.25, 0.3) is 5.57 Å². The molecule has 6 heteroatoms. The molecule has 0 saturated heterocycles. The Hall–Kier alpha value is -2.44. The molecule has 28 heavy (non-hydrogen) atoms. The van der Waals surface area contributed by atoms with Crippen LogP contribution in [0.5, 0.6) is 0 Å². The highest BCUT2D eigenvalue weighted by Gasteiger charge is 2.20. The molecule has 5 nitrogen and oxygen atoms in total. The van der Waals surface area contributed by atoms with Gasteiger partial charge in [-0.2, -0.15) is 0 Å². The molecule has 1 amide bonds. The molecule has 0 unspecified atom stereocenters. The largest absolute Gasteiger partial charge is 0.339 e. The number of carbonyl (C=O) groups excluding carboxylic acids is 1. The van der Waals surface area contributed by atoms with Crippen molar-refractivity contribution in [1.82, 2.24) is 9.62 Å². The number of benzene rings is 2. The standard InChI is InChI=1S/C22H26N2O3S/c1-17-8-9-21(18(2)16-17)28(26,27)23-13-10-22(25)24-14-11-20(12-15-24)19-6-4-3-5-7-19/h3-9,11,16,23H,10,12-15H2,1-2H3. The first-order valence-corrected chi connectivity index (χ1v) is 10.9. The first-order valence-electron chi connectivity index (χ1n) is 9.46. The van der Waals surface area contributed by atoms with E-state index in [9.17, 15) is 13.2 Å². The minimum Gasteiger partial charge on any atom is -0.339 e. The van der Waals surface area contributed by atoms with Crippen molar-refractivity contribution in [2.24, 2.45) is 0 Å². The number of aryl methyl sites for hydroxylation is 2. The Kier molecular flexibility index (Phi) is 6.31. The SMILES string of the molecule is Cc1ccc(S(=O)(=O)NCCC(=O)N2CC=C(c3ccccc3)CC2)c(C)c1. The second kappa shape index (κ2) is 8.71. The molecule has 1 heterocycles. The second-order valence-corrected chi connectivity index (χ2v) is 8.84. The molecule has 0 fully saturated rings. The van der Waals surface area contributed by atoms with E-state index in [0.29, 0.717) is 18.7 Å². The predicted octanol–water partition coefficient (Wildman–Crippen LogP) is 3.29.